The number of nitrogens with one attached hydrogen (secondary N) is 2. The summed E-state index contributed by atoms with van der Waals surface area (Å²) in [7, 11) is 0. The number of carbonyl (C=O) groups excluding carboxylic acids is 1. The van der Waals surface area contributed by atoms with Gasteiger partial charge in [0.05, 0.1) is 23.6 Å². The van der Waals surface area contributed by atoms with E-state index in [-0.39, 0.29) is 35.4 Å². The molecule has 2 aliphatic carbocycles. The fourth-order valence-corrected chi connectivity index (χ4v) is 9.43. The number of carbonyl (C=O) groups is 1. The summed E-state index contributed by atoms with van der Waals surface area (Å²) in [5.74, 6) is 0.403. The summed E-state index contributed by atoms with van der Waals surface area (Å²) in [4.78, 5) is 18.3. The van der Waals surface area contributed by atoms with Gasteiger partial charge in [-0.3, -0.25) is 9.69 Å². The maximum absolute atomic E-state index is 13.2. The van der Waals surface area contributed by atoms with Crippen LogP contribution in [0, 0.1) is 17.8 Å². The third-order valence-electron chi connectivity index (χ3n) is 9.69. The van der Waals surface area contributed by atoms with E-state index >= 15 is 0 Å². The highest BCUT2D eigenvalue weighted by Crippen LogP contribution is 2.46. The van der Waals surface area contributed by atoms with Gasteiger partial charge in [-0.05, 0) is 63.8 Å². The number of aliphatic hydroxyl groups is 1. The lowest BCUT2D eigenvalue weighted by molar-refractivity contribution is -0.182. The first-order chi connectivity index (χ1) is 16.7. The number of piperazine rings is 1. The molecule has 6 aliphatic rings. The van der Waals surface area contributed by atoms with Crippen molar-refractivity contribution in [2.75, 3.05) is 39.3 Å². The van der Waals surface area contributed by atoms with Crippen LogP contribution in [0.5, 0.6) is 0 Å². The maximum atomic E-state index is 13.2. The van der Waals surface area contributed by atoms with E-state index in [1.165, 1.54) is 44.9 Å². The van der Waals surface area contributed by atoms with Crippen molar-refractivity contribution in [2.24, 2.45) is 17.8 Å². The van der Waals surface area contributed by atoms with Crippen molar-refractivity contribution in [2.45, 2.75) is 99.2 Å². The van der Waals surface area contributed by atoms with Crippen molar-refractivity contribution < 1.29 is 14.6 Å². The summed E-state index contributed by atoms with van der Waals surface area (Å²) in [6.45, 7) is 6.26. The van der Waals surface area contributed by atoms with E-state index in [0.717, 1.165) is 58.5 Å². The Morgan fingerprint density at radius 2 is 1.82 bits per heavy atom. The number of hydrogen-bond donors (Lipinski definition) is 3. The molecule has 2 saturated carbocycles. The Hall–Kier alpha value is -0.380. The fraction of sp³-hybridized carbons (Fsp3) is 0.962. The zero-order valence-electron chi connectivity index (χ0n) is 20.6. The lowest BCUT2D eigenvalue weighted by Crippen LogP contribution is -2.59. The molecule has 192 valence electrons. The topological polar surface area (TPSA) is 77.1 Å². The molecule has 4 saturated heterocycles. The highest BCUT2D eigenvalue weighted by atomic mass is 32.2. The smallest absolute Gasteiger partial charge is 0.311 e. The number of thioether (sulfide) groups is 1. The van der Waals surface area contributed by atoms with Crippen LogP contribution in [0.25, 0.3) is 0 Å². The zero-order valence-corrected chi connectivity index (χ0v) is 21.4. The van der Waals surface area contributed by atoms with Gasteiger partial charge in [0.15, 0.2) is 0 Å². The standard InChI is InChI=1S/C26H44N4O3S/c31-21-9-8-17-15-18(25-28-20-5-1-2-6-22(20)34-25)26(32)33-24(17)19(21)16-29-11-13-30(14-12-29)23-7-3-4-10-27-23/h17-25,27-28,31H,1-16H2. The largest absolute Gasteiger partial charge is 0.461 e. The number of hydrogen-bond acceptors (Lipinski definition) is 8. The predicted octanol–water partition coefficient (Wildman–Crippen LogP) is 2.00. The molecule has 0 spiro atoms. The molecule has 9 unspecified atom stereocenters. The Morgan fingerprint density at radius 1 is 1.00 bits per heavy atom. The van der Waals surface area contributed by atoms with Crippen LogP contribution in [-0.4, -0.2) is 95.2 Å². The molecule has 8 heteroatoms. The highest BCUT2D eigenvalue weighted by molar-refractivity contribution is 8.00. The van der Waals surface area contributed by atoms with Crippen molar-refractivity contribution in [1.82, 2.24) is 20.4 Å². The summed E-state index contributed by atoms with van der Waals surface area (Å²) in [5, 5.41) is 19.3. The van der Waals surface area contributed by atoms with Crippen molar-refractivity contribution in [3.8, 4) is 0 Å². The van der Waals surface area contributed by atoms with Crippen LogP contribution in [0.1, 0.15) is 64.2 Å². The van der Waals surface area contributed by atoms with E-state index in [2.05, 4.69) is 20.4 Å². The minimum atomic E-state index is -0.356. The molecule has 0 bridgehead atoms. The number of nitrogens with zero attached hydrogens (tertiary/aromatic N) is 2. The van der Waals surface area contributed by atoms with Crippen LogP contribution in [0.2, 0.25) is 0 Å². The molecule has 0 radical (unpaired) electrons. The van der Waals surface area contributed by atoms with Crippen molar-refractivity contribution in [3.63, 3.8) is 0 Å². The van der Waals surface area contributed by atoms with Gasteiger partial charge in [-0.2, -0.15) is 0 Å². The van der Waals surface area contributed by atoms with Gasteiger partial charge in [0.2, 0.25) is 0 Å². The van der Waals surface area contributed by atoms with Gasteiger partial charge in [0, 0.05) is 49.9 Å². The number of ether oxygens (including phenoxy) is 1. The lowest BCUT2D eigenvalue weighted by atomic mass is 9.71. The van der Waals surface area contributed by atoms with Crippen LogP contribution < -0.4 is 10.6 Å². The Labute approximate surface area is 209 Å². The monoisotopic (exact) mass is 492 g/mol. The third kappa shape index (κ3) is 4.92. The van der Waals surface area contributed by atoms with E-state index < -0.39 is 0 Å². The van der Waals surface area contributed by atoms with Gasteiger partial charge in [-0.25, -0.2) is 0 Å². The van der Waals surface area contributed by atoms with Crippen LogP contribution >= 0.6 is 11.8 Å². The zero-order chi connectivity index (χ0) is 23.1. The molecule has 6 fully saturated rings. The quantitative estimate of drug-likeness (QED) is 0.515. The molecule has 3 N–H and O–H groups in total. The first kappa shape index (κ1) is 24.0. The summed E-state index contributed by atoms with van der Waals surface area (Å²) < 4.78 is 6.21. The number of fused-ring (bicyclic) bond motifs is 2. The first-order valence-electron chi connectivity index (χ1n) is 14.2. The number of rotatable bonds is 4. The van der Waals surface area contributed by atoms with Crippen molar-refractivity contribution in [1.29, 1.82) is 0 Å². The van der Waals surface area contributed by atoms with Gasteiger partial charge in [0.1, 0.15) is 6.10 Å². The molecule has 4 aliphatic heterocycles. The van der Waals surface area contributed by atoms with E-state index in [1.54, 1.807) is 0 Å². The molecular formula is C26H44N4O3S. The molecule has 9 atom stereocenters. The van der Waals surface area contributed by atoms with Crippen LogP contribution in [0.4, 0.5) is 0 Å². The second-order valence-corrected chi connectivity index (χ2v) is 13.2. The second kappa shape index (κ2) is 10.5. The molecule has 34 heavy (non-hydrogen) atoms. The Kier molecular flexibility index (Phi) is 7.44. The molecule has 0 aromatic rings. The van der Waals surface area contributed by atoms with Gasteiger partial charge in [-0.1, -0.05) is 12.8 Å². The van der Waals surface area contributed by atoms with Crippen LogP contribution in [0.3, 0.4) is 0 Å². The molecule has 0 aromatic carbocycles. The summed E-state index contributed by atoms with van der Waals surface area (Å²) in [5.41, 5.74) is 0. The minimum Gasteiger partial charge on any atom is -0.461 e. The predicted molar refractivity (Wildman–Crippen MR) is 134 cm³/mol. The Balaban J connectivity index is 1.05. The second-order valence-electron chi connectivity index (χ2n) is 11.8. The average Bonchev–Trinajstić information content (AvgIpc) is 3.31. The van der Waals surface area contributed by atoms with Crippen LogP contribution in [0.15, 0.2) is 0 Å². The first-order valence-corrected chi connectivity index (χ1v) is 15.1. The SMILES string of the molecule is O=C1OC2C(CCC(O)C2CN2CCN(C3CCCCN3)CC2)CC1C1NC2CCCCC2S1. The van der Waals surface area contributed by atoms with Gasteiger partial charge >= 0.3 is 5.97 Å². The van der Waals surface area contributed by atoms with E-state index in [0.29, 0.717) is 23.4 Å². The van der Waals surface area contributed by atoms with E-state index in [4.69, 9.17) is 4.74 Å². The van der Waals surface area contributed by atoms with E-state index in [1.807, 2.05) is 11.8 Å². The Bertz CT molecular complexity index is 700. The molecule has 0 aromatic heterocycles. The molecule has 4 heterocycles. The number of aliphatic hydroxyl groups excluding tert-OH is 1. The molecule has 0 amide bonds. The summed E-state index contributed by atoms with van der Waals surface area (Å²) >= 11 is 2.01. The minimum absolute atomic E-state index is 0.0165. The van der Waals surface area contributed by atoms with Gasteiger partial charge in [-0.15, -0.1) is 11.8 Å². The molecule has 6 rings (SSSR count). The van der Waals surface area contributed by atoms with Gasteiger partial charge < -0.3 is 25.4 Å². The Morgan fingerprint density at radius 3 is 2.62 bits per heavy atom. The number of piperidine rings is 1. The molecular weight excluding hydrogens is 448 g/mol. The average molecular weight is 493 g/mol. The van der Waals surface area contributed by atoms with Crippen molar-refractivity contribution >= 4 is 17.7 Å². The summed E-state index contributed by atoms with van der Waals surface area (Å²) in [6.07, 6.45) is 11.9. The number of esters is 1. The van der Waals surface area contributed by atoms with Crippen molar-refractivity contribution in [3.05, 3.63) is 0 Å². The van der Waals surface area contributed by atoms with E-state index in [9.17, 15) is 9.90 Å². The summed E-state index contributed by atoms with van der Waals surface area (Å²) in [6, 6.07) is 0.581. The maximum Gasteiger partial charge on any atom is 0.311 e. The fourth-order valence-electron chi connectivity index (χ4n) is 7.68. The third-order valence-corrected chi connectivity index (χ3v) is 11.4. The normalized spacial score (nSPS) is 46.5. The van der Waals surface area contributed by atoms with Crippen LogP contribution in [-0.2, 0) is 9.53 Å². The highest BCUT2D eigenvalue weighted by Gasteiger charge is 2.51. The lowest BCUT2D eigenvalue weighted by Gasteiger charge is -2.48. The van der Waals surface area contributed by atoms with Gasteiger partial charge in [0.25, 0.3) is 0 Å². The molecule has 7 nitrogen and oxygen atoms in total.